The van der Waals surface area contributed by atoms with Gasteiger partial charge < -0.3 is 10.1 Å². The van der Waals surface area contributed by atoms with Crippen LogP contribution in [0.15, 0.2) is 71.9 Å². The van der Waals surface area contributed by atoms with E-state index in [9.17, 15) is 9.59 Å². The minimum atomic E-state index is -0.185. The number of nitrogens with zero attached hydrogens (tertiary/aromatic N) is 4. The first kappa shape index (κ1) is 21.3. The van der Waals surface area contributed by atoms with E-state index in [0.29, 0.717) is 36.2 Å². The molecule has 0 aliphatic rings. The molecule has 0 atom stereocenters. The molecule has 0 bridgehead atoms. The molecule has 32 heavy (non-hydrogen) atoms. The van der Waals surface area contributed by atoms with E-state index in [1.165, 1.54) is 12.5 Å². The monoisotopic (exact) mass is 431 g/mol. The van der Waals surface area contributed by atoms with Gasteiger partial charge >= 0.3 is 0 Å². The molecule has 0 unspecified atom stereocenters. The van der Waals surface area contributed by atoms with Crippen LogP contribution in [0.2, 0.25) is 0 Å². The van der Waals surface area contributed by atoms with Gasteiger partial charge in [-0.15, -0.1) is 0 Å². The van der Waals surface area contributed by atoms with Crippen LogP contribution >= 0.6 is 0 Å². The summed E-state index contributed by atoms with van der Waals surface area (Å²) >= 11 is 0. The number of carbonyl (C=O) groups excluding carboxylic acids is 1. The number of amides is 1. The average molecular weight is 431 g/mol. The lowest BCUT2D eigenvalue weighted by molar-refractivity contribution is 0.0952. The summed E-state index contributed by atoms with van der Waals surface area (Å²) in [7, 11) is 0. The van der Waals surface area contributed by atoms with Crippen molar-refractivity contribution in [3.8, 4) is 5.75 Å². The lowest BCUT2D eigenvalue weighted by Gasteiger charge is -2.10. The Morgan fingerprint density at radius 3 is 2.56 bits per heavy atom. The Kier molecular flexibility index (Phi) is 6.30. The quantitative estimate of drug-likeness (QED) is 0.463. The Hall–Kier alpha value is -3.94. The van der Waals surface area contributed by atoms with Crippen LogP contribution in [0.25, 0.3) is 11.0 Å². The van der Waals surface area contributed by atoms with E-state index in [1.54, 1.807) is 33.5 Å². The number of hydrogen-bond donors (Lipinski definition) is 1. The Bertz CT molecular complexity index is 1260. The van der Waals surface area contributed by atoms with Crippen LogP contribution in [0.5, 0.6) is 5.75 Å². The van der Waals surface area contributed by atoms with Gasteiger partial charge in [0.2, 0.25) is 0 Å². The van der Waals surface area contributed by atoms with Crippen molar-refractivity contribution in [2.24, 2.45) is 0 Å². The van der Waals surface area contributed by atoms with Crippen LogP contribution in [0.1, 0.15) is 29.8 Å². The largest absolute Gasteiger partial charge is 0.491 e. The number of aromatic nitrogens is 4. The summed E-state index contributed by atoms with van der Waals surface area (Å²) in [6, 6.07) is 16.8. The molecule has 0 saturated heterocycles. The van der Waals surface area contributed by atoms with Gasteiger partial charge in [0.1, 0.15) is 17.5 Å². The van der Waals surface area contributed by atoms with E-state index in [0.717, 1.165) is 11.3 Å². The van der Waals surface area contributed by atoms with Gasteiger partial charge in [0.25, 0.3) is 11.5 Å². The highest BCUT2D eigenvalue weighted by Crippen LogP contribution is 2.14. The van der Waals surface area contributed by atoms with Crippen LogP contribution in [0, 0.1) is 0 Å². The van der Waals surface area contributed by atoms with Gasteiger partial charge in [0.05, 0.1) is 25.4 Å². The fourth-order valence-corrected chi connectivity index (χ4v) is 3.39. The molecular formula is C24H25N5O3. The Morgan fingerprint density at radius 1 is 1.09 bits per heavy atom. The Labute approximate surface area is 185 Å². The van der Waals surface area contributed by atoms with E-state index >= 15 is 0 Å². The second-order valence-electron chi connectivity index (χ2n) is 7.72. The standard InChI is InChI=1S/C24H25N5O3/c1-17(2)32-20-10-8-19(9-11-20)23(30)25-12-13-29-22-21(14-27-29)24(31)28(16-26-22)15-18-6-4-3-5-7-18/h3-11,14,16-17H,12-13,15H2,1-2H3,(H,25,30). The maximum Gasteiger partial charge on any atom is 0.264 e. The number of rotatable bonds is 8. The predicted molar refractivity (Wildman–Crippen MR) is 122 cm³/mol. The molecule has 0 fully saturated rings. The second-order valence-corrected chi connectivity index (χ2v) is 7.72. The SMILES string of the molecule is CC(C)Oc1ccc(C(=O)NCCn2ncc3c(=O)n(Cc4ccccc4)cnc32)cc1. The molecule has 1 N–H and O–H groups in total. The fourth-order valence-electron chi connectivity index (χ4n) is 3.39. The summed E-state index contributed by atoms with van der Waals surface area (Å²) < 4.78 is 8.79. The molecule has 0 radical (unpaired) electrons. The molecule has 164 valence electrons. The second kappa shape index (κ2) is 9.47. The van der Waals surface area contributed by atoms with Crippen molar-refractivity contribution in [1.29, 1.82) is 0 Å². The van der Waals surface area contributed by atoms with Gasteiger partial charge in [-0.25, -0.2) is 9.67 Å². The van der Waals surface area contributed by atoms with E-state index < -0.39 is 0 Å². The van der Waals surface area contributed by atoms with Gasteiger partial charge in [0, 0.05) is 12.1 Å². The maximum atomic E-state index is 12.8. The molecule has 2 heterocycles. The molecule has 1 amide bonds. The van der Waals surface area contributed by atoms with Crippen molar-refractivity contribution in [2.75, 3.05) is 6.54 Å². The van der Waals surface area contributed by atoms with Crippen LogP contribution in [-0.2, 0) is 13.1 Å². The summed E-state index contributed by atoms with van der Waals surface area (Å²) in [4.78, 5) is 29.6. The molecule has 8 heteroatoms. The van der Waals surface area contributed by atoms with Gasteiger partial charge in [-0.05, 0) is 43.7 Å². The minimum Gasteiger partial charge on any atom is -0.491 e. The zero-order valence-electron chi connectivity index (χ0n) is 18.1. The zero-order valence-corrected chi connectivity index (χ0v) is 18.1. The van der Waals surface area contributed by atoms with Gasteiger partial charge in [0.15, 0.2) is 5.65 Å². The summed E-state index contributed by atoms with van der Waals surface area (Å²) in [5, 5.41) is 7.61. The van der Waals surface area contributed by atoms with Gasteiger partial charge in [-0.1, -0.05) is 30.3 Å². The third-order valence-electron chi connectivity index (χ3n) is 4.92. The van der Waals surface area contributed by atoms with Crippen LogP contribution in [-0.4, -0.2) is 37.9 Å². The van der Waals surface area contributed by atoms with Gasteiger partial charge in [-0.2, -0.15) is 5.10 Å². The van der Waals surface area contributed by atoms with Crippen LogP contribution < -0.4 is 15.6 Å². The molecule has 2 aromatic carbocycles. The van der Waals surface area contributed by atoms with E-state index in [2.05, 4.69) is 15.4 Å². The minimum absolute atomic E-state index is 0.0784. The van der Waals surface area contributed by atoms with E-state index in [1.807, 2.05) is 44.2 Å². The average Bonchev–Trinajstić information content (AvgIpc) is 3.20. The van der Waals surface area contributed by atoms with E-state index in [-0.39, 0.29) is 17.6 Å². The van der Waals surface area contributed by atoms with Crippen LogP contribution in [0.3, 0.4) is 0 Å². The molecule has 8 nitrogen and oxygen atoms in total. The van der Waals surface area contributed by atoms with Crippen molar-refractivity contribution in [1.82, 2.24) is 24.6 Å². The number of benzene rings is 2. The molecule has 0 aliphatic heterocycles. The number of hydrogen-bond acceptors (Lipinski definition) is 5. The highest BCUT2D eigenvalue weighted by Gasteiger charge is 2.11. The first-order chi connectivity index (χ1) is 15.5. The third-order valence-corrected chi connectivity index (χ3v) is 4.92. The highest BCUT2D eigenvalue weighted by molar-refractivity contribution is 5.94. The lowest BCUT2D eigenvalue weighted by Crippen LogP contribution is -2.27. The lowest BCUT2D eigenvalue weighted by atomic mass is 10.2. The number of ether oxygens (including phenoxy) is 1. The van der Waals surface area contributed by atoms with E-state index in [4.69, 9.17) is 4.74 Å². The summed E-state index contributed by atoms with van der Waals surface area (Å²) in [6.45, 7) is 5.11. The first-order valence-corrected chi connectivity index (χ1v) is 10.5. The normalized spacial score (nSPS) is 11.1. The number of nitrogens with one attached hydrogen (secondary N) is 1. The van der Waals surface area contributed by atoms with Crippen molar-refractivity contribution in [3.05, 3.63) is 88.6 Å². The van der Waals surface area contributed by atoms with Gasteiger partial charge in [-0.3, -0.25) is 14.2 Å². The van der Waals surface area contributed by atoms with Crippen molar-refractivity contribution < 1.29 is 9.53 Å². The fraction of sp³-hybridized carbons (Fsp3) is 0.250. The van der Waals surface area contributed by atoms with Crippen molar-refractivity contribution >= 4 is 16.9 Å². The summed E-state index contributed by atoms with van der Waals surface area (Å²) in [5.74, 6) is 0.541. The van der Waals surface area contributed by atoms with Crippen molar-refractivity contribution in [2.45, 2.75) is 33.0 Å². The smallest absolute Gasteiger partial charge is 0.264 e. The first-order valence-electron chi connectivity index (χ1n) is 10.5. The molecule has 4 aromatic rings. The summed E-state index contributed by atoms with van der Waals surface area (Å²) in [5.41, 5.74) is 1.93. The molecule has 0 spiro atoms. The topological polar surface area (TPSA) is 91.0 Å². The number of carbonyl (C=O) groups is 1. The molecule has 4 rings (SSSR count). The zero-order chi connectivity index (χ0) is 22.5. The number of fused-ring (bicyclic) bond motifs is 1. The third kappa shape index (κ3) is 4.85. The van der Waals surface area contributed by atoms with Crippen molar-refractivity contribution in [3.63, 3.8) is 0 Å². The predicted octanol–water partition coefficient (Wildman–Crippen LogP) is 2.86. The molecule has 0 saturated carbocycles. The highest BCUT2D eigenvalue weighted by atomic mass is 16.5. The molecular weight excluding hydrogens is 406 g/mol. The maximum absolute atomic E-state index is 12.8. The summed E-state index contributed by atoms with van der Waals surface area (Å²) in [6.07, 6.45) is 3.14. The van der Waals surface area contributed by atoms with Crippen LogP contribution in [0.4, 0.5) is 0 Å². The Balaban J connectivity index is 1.39. The molecule has 0 aliphatic carbocycles. The Morgan fingerprint density at radius 2 is 1.84 bits per heavy atom. The molecule has 2 aromatic heterocycles.